The fourth-order valence-corrected chi connectivity index (χ4v) is 2.84. The second-order valence-electron chi connectivity index (χ2n) is 7.50. The second kappa shape index (κ2) is 9.00. The maximum absolute atomic E-state index is 11.7. The topological polar surface area (TPSA) is 90.6 Å². The number of carbonyl (C=O) groups excluding carboxylic acids is 1. The molecule has 0 aliphatic rings. The summed E-state index contributed by atoms with van der Waals surface area (Å²) in [6.07, 6.45) is 3.62. The van der Waals surface area contributed by atoms with Crippen molar-refractivity contribution in [1.82, 2.24) is 20.0 Å². The van der Waals surface area contributed by atoms with Crippen LogP contribution in [-0.4, -0.2) is 45.7 Å². The molecule has 2 aromatic heterocycles. The molecular weight excluding hydrogens is 370 g/mol. The number of fused-ring (bicyclic) bond motifs is 3. The molecule has 0 spiro atoms. The fourth-order valence-electron chi connectivity index (χ4n) is 2.84. The van der Waals surface area contributed by atoms with E-state index >= 15 is 0 Å². The molecule has 3 rings (SSSR count). The third-order valence-corrected chi connectivity index (χ3v) is 4.01. The van der Waals surface area contributed by atoms with Crippen LogP contribution in [0.25, 0.3) is 21.9 Å². The molecule has 0 atom stereocenters. The highest BCUT2D eigenvalue weighted by Gasteiger charge is 2.16. The highest BCUT2D eigenvalue weighted by atomic mass is 16.6. The summed E-state index contributed by atoms with van der Waals surface area (Å²) in [7, 11) is 0. The third kappa shape index (κ3) is 5.29. The lowest BCUT2D eigenvalue weighted by Crippen LogP contribution is -2.33. The maximum atomic E-state index is 11.7. The molecule has 0 radical (unpaired) electrons. The molecule has 2 heterocycles. The van der Waals surface area contributed by atoms with Crippen molar-refractivity contribution in [2.45, 2.75) is 46.3 Å². The Morgan fingerprint density at radius 1 is 1.28 bits per heavy atom. The summed E-state index contributed by atoms with van der Waals surface area (Å²) in [5.41, 5.74) is 2.02. The number of pyridine rings is 1. The van der Waals surface area contributed by atoms with Crippen molar-refractivity contribution >= 4 is 34.2 Å². The van der Waals surface area contributed by atoms with Crippen LogP contribution in [0.1, 0.15) is 39.9 Å². The van der Waals surface area contributed by atoms with Gasteiger partial charge in [-0.3, -0.25) is 4.98 Å². The van der Waals surface area contributed by atoms with Gasteiger partial charge in [-0.15, -0.1) is 0 Å². The van der Waals surface area contributed by atoms with E-state index in [4.69, 9.17) is 9.47 Å². The largest absolute Gasteiger partial charge is 0.444 e. The van der Waals surface area contributed by atoms with Crippen LogP contribution >= 0.6 is 0 Å². The number of aromatic nitrogens is 3. The Morgan fingerprint density at radius 3 is 2.83 bits per heavy atom. The Bertz CT molecular complexity index is 1020. The number of para-hydroxylation sites is 1. The number of carbonyl (C=O) groups is 1. The van der Waals surface area contributed by atoms with Gasteiger partial charge in [0.2, 0.25) is 0 Å². The molecule has 0 fully saturated rings. The van der Waals surface area contributed by atoms with Crippen LogP contribution in [0.2, 0.25) is 0 Å². The quantitative estimate of drug-likeness (QED) is 0.483. The van der Waals surface area contributed by atoms with Gasteiger partial charge >= 0.3 is 6.09 Å². The Morgan fingerprint density at radius 2 is 2.07 bits per heavy atom. The van der Waals surface area contributed by atoms with Crippen molar-refractivity contribution in [3.05, 3.63) is 36.3 Å². The lowest BCUT2D eigenvalue weighted by atomic mass is 10.2. The molecule has 1 N–H and O–H groups in total. The number of nitrogens with zero attached hydrogens (tertiary/aromatic N) is 4. The van der Waals surface area contributed by atoms with Crippen molar-refractivity contribution in [2.24, 2.45) is 5.10 Å². The summed E-state index contributed by atoms with van der Waals surface area (Å²) in [4.78, 5) is 20.8. The highest BCUT2D eigenvalue weighted by Crippen LogP contribution is 2.25. The van der Waals surface area contributed by atoms with E-state index in [-0.39, 0.29) is 0 Å². The van der Waals surface area contributed by atoms with E-state index in [1.165, 1.54) is 0 Å². The number of hydrogen-bond donors (Lipinski definition) is 1. The van der Waals surface area contributed by atoms with Crippen LogP contribution in [0.3, 0.4) is 0 Å². The summed E-state index contributed by atoms with van der Waals surface area (Å²) in [5.74, 6) is 0.705. The molecule has 0 aliphatic heterocycles. The average molecular weight is 397 g/mol. The molecule has 1 amide bonds. The predicted molar refractivity (Wildman–Crippen MR) is 113 cm³/mol. The molecule has 0 saturated carbocycles. The zero-order chi connectivity index (χ0) is 20.9. The van der Waals surface area contributed by atoms with Gasteiger partial charge in [0.05, 0.1) is 11.7 Å². The van der Waals surface area contributed by atoms with Gasteiger partial charge < -0.3 is 14.8 Å². The van der Waals surface area contributed by atoms with Crippen molar-refractivity contribution in [1.29, 1.82) is 0 Å². The molecule has 0 unspecified atom stereocenters. The van der Waals surface area contributed by atoms with Gasteiger partial charge in [0.15, 0.2) is 5.82 Å². The van der Waals surface area contributed by atoms with Crippen LogP contribution in [0.4, 0.5) is 4.79 Å². The standard InChI is InChI=1S/C21H27N5O3/c1-5-28-14-18-25-17-13-23-16-10-7-6-9-15(16)19(17)26(18)24-12-8-11-22-20(27)29-21(2,3)4/h6-7,9-10,12-13H,5,8,11,14H2,1-4H3,(H,22,27). The Balaban J connectivity index is 1.80. The lowest BCUT2D eigenvalue weighted by molar-refractivity contribution is 0.0529. The van der Waals surface area contributed by atoms with Crippen molar-refractivity contribution in [3.63, 3.8) is 0 Å². The number of hydrogen-bond acceptors (Lipinski definition) is 6. The molecular formula is C21H27N5O3. The van der Waals surface area contributed by atoms with E-state index in [1.807, 2.05) is 52.0 Å². The van der Waals surface area contributed by atoms with Gasteiger partial charge in [-0.1, -0.05) is 18.2 Å². The zero-order valence-corrected chi connectivity index (χ0v) is 17.3. The Kier molecular flexibility index (Phi) is 6.43. The number of benzene rings is 1. The van der Waals surface area contributed by atoms with Gasteiger partial charge in [0.25, 0.3) is 0 Å². The van der Waals surface area contributed by atoms with Crippen LogP contribution in [0.15, 0.2) is 35.6 Å². The van der Waals surface area contributed by atoms with E-state index in [0.29, 0.717) is 32.0 Å². The average Bonchev–Trinajstić information content (AvgIpc) is 3.02. The smallest absolute Gasteiger partial charge is 0.407 e. The zero-order valence-electron chi connectivity index (χ0n) is 17.3. The van der Waals surface area contributed by atoms with Gasteiger partial charge in [-0.2, -0.15) is 5.10 Å². The molecule has 8 nitrogen and oxygen atoms in total. The van der Waals surface area contributed by atoms with E-state index in [2.05, 4.69) is 20.4 Å². The third-order valence-electron chi connectivity index (χ3n) is 4.01. The first-order chi connectivity index (χ1) is 13.9. The van der Waals surface area contributed by atoms with Gasteiger partial charge in [-0.05, 0) is 33.8 Å². The number of nitrogens with one attached hydrogen (secondary N) is 1. The lowest BCUT2D eigenvalue weighted by Gasteiger charge is -2.19. The van der Waals surface area contributed by atoms with Gasteiger partial charge in [0, 0.05) is 31.2 Å². The molecule has 0 saturated heterocycles. The Labute approximate surface area is 169 Å². The number of imidazole rings is 1. The van der Waals surface area contributed by atoms with Crippen molar-refractivity contribution in [2.75, 3.05) is 13.2 Å². The number of rotatable bonds is 7. The first kappa shape index (κ1) is 20.7. The van der Waals surface area contributed by atoms with E-state index in [9.17, 15) is 4.79 Å². The molecule has 8 heteroatoms. The summed E-state index contributed by atoms with van der Waals surface area (Å²) < 4.78 is 12.6. The molecule has 3 aromatic rings. The van der Waals surface area contributed by atoms with E-state index in [0.717, 1.165) is 21.9 Å². The van der Waals surface area contributed by atoms with Crippen LogP contribution in [0.5, 0.6) is 0 Å². The van der Waals surface area contributed by atoms with Gasteiger partial charge in [-0.25, -0.2) is 14.5 Å². The SMILES string of the molecule is CCOCc1nc2cnc3ccccc3c2n1N=CCCNC(=O)OC(C)(C)C. The highest BCUT2D eigenvalue weighted by molar-refractivity contribution is 6.02. The minimum Gasteiger partial charge on any atom is -0.444 e. The van der Waals surface area contributed by atoms with Crippen molar-refractivity contribution < 1.29 is 14.3 Å². The normalized spacial score (nSPS) is 12.1. The molecule has 29 heavy (non-hydrogen) atoms. The first-order valence-electron chi connectivity index (χ1n) is 9.71. The van der Waals surface area contributed by atoms with Crippen LogP contribution < -0.4 is 5.32 Å². The number of amides is 1. The van der Waals surface area contributed by atoms with Crippen LogP contribution in [0, 0.1) is 0 Å². The summed E-state index contributed by atoms with van der Waals surface area (Å²) >= 11 is 0. The van der Waals surface area contributed by atoms with E-state index < -0.39 is 11.7 Å². The first-order valence-corrected chi connectivity index (χ1v) is 9.71. The summed E-state index contributed by atoms with van der Waals surface area (Å²) in [6, 6.07) is 7.89. The molecule has 0 aliphatic carbocycles. The minimum atomic E-state index is -0.517. The summed E-state index contributed by atoms with van der Waals surface area (Å²) in [6.45, 7) is 8.80. The minimum absolute atomic E-state index is 0.354. The maximum Gasteiger partial charge on any atom is 0.407 e. The predicted octanol–water partition coefficient (Wildman–Crippen LogP) is 3.87. The molecule has 0 bridgehead atoms. The monoisotopic (exact) mass is 397 g/mol. The molecule has 1 aromatic carbocycles. The number of ether oxygens (including phenoxy) is 2. The molecule has 154 valence electrons. The number of alkyl carbamates (subject to hydrolysis) is 1. The van der Waals surface area contributed by atoms with Gasteiger partial charge in [0.1, 0.15) is 23.2 Å². The van der Waals surface area contributed by atoms with Crippen molar-refractivity contribution in [3.8, 4) is 0 Å². The summed E-state index contributed by atoms with van der Waals surface area (Å²) in [5, 5.41) is 8.30. The van der Waals surface area contributed by atoms with E-state index in [1.54, 1.807) is 17.1 Å². The fraction of sp³-hybridized carbons (Fsp3) is 0.429. The Hall–Kier alpha value is -3.00. The van der Waals surface area contributed by atoms with Crippen LogP contribution in [-0.2, 0) is 16.1 Å². The second-order valence-corrected chi connectivity index (χ2v) is 7.50.